The van der Waals surface area contributed by atoms with Crippen LogP contribution < -0.4 is 15.5 Å². The van der Waals surface area contributed by atoms with Gasteiger partial charge in [-0.05, 0) is 56.7 Å². The molecule has 0 fully saturated rings. The van der Waals surface area contributed by atoms with Crippen molar-refractivity contribution >= 4 is 35.0 Å². The Morgan fingerprint density at radius 1 is 1.26 bits per heavy atom. The summed E-state index contributed by atoms with van der Waals surface area (Å²) in [5.41, 5.74) is 3.65. The first-order valence-electron chi connectivity index (χ1n) is 9.19. The van der Waals surface area contributed by atoms with E-state index in [1.54, 1.807) is 6.07 Å². The lowest BCUT2D eigenvalue weighted by molar-refractivity contribution is -0.115. The van der Waals surface area contributed by atoms with E-state index in [-0.39, 0.29) is 17.1 Å². The van der Waals surface area contributed by atoms with E-state index in [1.807, 2.05) is 25.1 Å². The molecule has 2 aromatic carbocycles. The molecule has 1 aliphatic rings. The summed E-state index contributed by atoms with van der Waals surface area (Å²) < 4.78 is 0. The Labute approximate surface area is 164 Å². The molecule has 1 aliphatic heterocycles. The number of aryl methyl sites for hydroxylation is 1. The van der Waals surface area contributed by atoms with Gasteiger partial charge in [0.1, 0.15) is 0 Å². The standard InChI is InChI=1S/C21H25N3O2S/c1-4-24(17-7-5-6-14(2)12-17)11-10-22-21(26)16-8-9-19-18(13-16)23-20(25)15(3)27-19/h5-9,12-13,15H,4,10-11H2,1-3H3,(H,22,26)(H,23,25). The fraction of sp³-hybridized carbons (Fsp3) is 0.333. The number of hydrogen-bond donors (Lipinski definition) is 2. The molecular formula is C21H25N3O2S. The van der Waals surface area contributed by atoms with E-state index in [1.165, 1.54) is 17.3 Å². The van der Waals surface area contributed by atoms with Crippen molar-refractivity contribution in [3.05, 3.63) is 53.6 Å². The maximum absolute atomic E-state index is 12.5. The molecule has 0 saturated heterocycles. The normalized spacial score (nSPS) is 15.7. The van der Waals surface area contributed by atoms with Crippen LogP contribution in [0.25, 0.3) is 0 Å². The molecule has 27 heavy (non-hydrogen) atoms. The van der Waals surface area contributed by atoms with Gasteiger partial charge in [-0.15, -0.1) is 11.8 Å². The van der Waals surface area contributed by atoms with Crippen molar-refractivity contribution in [1.82, 2.24) is 5.32 Å². The summed E-state index contributed by atoms with van der Waals surface area (Å²) in [7, 11) is 0. The van der Waals surface area contributed by atoms with Gasteiger partial charge in [-0.3, -0.25) is 9.59 Å². The van der Waals surface area contributed by atoms with Crippen LogP contribution in [-0.4, -0.2) is 36.7 Å². The average Bonchev–Trinajstić information content (AvgIpc) is 2.65. The van der Waals surface area contributed by atoms with Crippen LogP contribution in [0.1, 0.15) is 29.8 Å². The van der Waals surface area contributed by atoms with E-state index < -0.39 is 0 Å². The van der Waals surface area contributed by atoms with Crippen LogP contribution in [0.3, 0.4) is 0 Å². The van der Waals surface area contributed by atoms with Gasteiger partial charge in [0, 0.05) is 35.8 Å². The second-order valence-corrected chi connectivity index (χ2v) is 8.02. The second-order valence-electron chi connectivity index (χ2n) is 6.63. The molecule has 142 valence electrons. The fourth-order valence-electron chi connectivity index (χ4n) is 3.05. The Bertz CT molecular complexity index is 853. The van der Waals surface area contributed by atoms with Crippen molar-refractivity contribution in [3.8, 4) is 0 Å². The second kappa shape index (κ2) is 8.48. The largest absolute Gasteiger partial charge is 0.370 e. The lowest BCUT2D eigenvalue weighted by Gasteiger charge is -2.24. The van der Waals surface area contributed by atoms with Crippen molar-refractivity contribution in [2.45, 2.75) is 30.9 Å². The number of rotatable bonds is 6. The first-order valence-corrected chi connectivity index (χ1v) is 10.1. The average molecular weight is 384 g/mol. The monoisotopic (exact) mass is 383 g/mol. The van der Waals surface area contributed by atoms with Crippen molar-refractivity contribution in [3.63, 3.8) is 0 Å². The van der Waals surface area contributed by atoms with Crippen molar-refractivity contribution in [2.24, 2.45) is 0 Å². The zero-order valence-electron chi connectivity index (χ0n) is 15.9. The number of carbonyl (C=O) groups excluding carboxylic acids is 2. The van der Waals surface area contributed by atoms with Crippen molar-refractivity contribution < 1.29 is 9.59 Å². The molecule has 2 amide bonds. The molecule has 1 atom stereocenters. The third-order valence-corrected chi connectivity index (χ3v) is 5.77. The van der Waals surface area contributed by atoms with E-state index in [0.29, 0.717) is 17.8 Å². The van der Waals surface area contributed by atoms with Gasteiger partial charge in [0.2, 0.25) is 5.91 Å². The summed E-state index contributed by atoms with van der Waals surface area (Å²) in [4.78, 5) is 27.6. The van der Waals surface area contributed by atoms with E-state index in [0.717, 1.165) is 23.7 Å². The van der Waals surface area contributed by atoms with Gasteiger partial charge in [-0.1, -0.05) is 12.1 Å². The Hall–Kier alpha value is -2.47. The lowest BCUT2D eigenvalue weighted by Crippen LogP contribution is -2.35. The zero-order chi connectivity index (χ0) is 19.4. The van der Waals surface area contributed by atoms with Crippen LogP contribution in [0.15, 0.2) is 47.4 Å². The van der Waals surface area contributed by atoms with Gasteiger partial charge in [0.15, 0.2) is 0 Å². The Kier molecular flexibility index (Phi) is 6.06. The molecule has 1 heterocycles. The summed E-state index contributed by atoms with van der Waals surface area (Å²) >= 11 is 1.51. The molecule has 2 aromatic rings. The minimum absolute atomic E-state index is 0.0261. The SMILES string of the molecule is CCN(CCNC(=O)c1ccc2c(c1)NC(=O)C(C)S2)c1cccc(C)c1. The third kappa shape index (κ3) is 4.63. The first kappa shape index (κ1) is 19.3. The van der Waals surface area contributed by atoms with E-state index >= 15 is 0 Å². The Balaban J connectivity index is 1.59. The number of nitrogens with zero attached hydrogens (tertiary/aromatic N) is 1. The quantitative estimate of drug-likeness (QED) is 0.799. The lowest BCUT2D eigenvalue weighted by atomic mass is 10.1. The Morgan fingerprint density at radius 3 is 2.81 bits per heavy atom. The van der Waals surface area contributed by atoms with Gasteiger partial charge < -0.3 is 15.5 Å². The number of nitrogens with one attached hydrogen (secondary N) is 2. The number of fused-ring (bicyclic) bond motifs is 1. The summed E-state index contributed by atoms with van der Waals surface area (Å²) in [5, 5.41) is 5.73. The molecule has 2 N–H and O–H groups in total. The first-order chi connectivity index (χ1) is 13.0. The summed E-state index contributed by atoms with van der Waals surface area (Å²) in [6, 6.07) is 13.8. The summed E-state index contributed by atoms with van der Waals surface area (Å²) in [6.45, 7) is 8.22. The fourth-order valence-corrected chi connectivity index (χ4v) is 3.98. The number of anilines is 2. The number of amides is 2. The highest BCUT2D eigenvalue weighted by molar-refractivity contribution is 8.00. The molecule has 5 nitrogen and oxygen atoms in total. The molecule has 0 spiro atoms. The third-order valence-electron chi connectivity index (χ3n) is 4.59. The maximum Gasteiger partial charge on any atom is 0.251 e. The minimum Gasteiger partial charge on any atom is -0.370 e. The molecule has 6 heteroatoms. The van der Waals surface area contributed by atoms with E-state index in [2.05, 4.69) is 47.6 Å². The van der Waals surface area contributed by atoms with Crippen LogP contribution in [0.5, 0.6) is 0 Å². The van der Waals surface area contributed by atoms with Gasteiger partial charge in [0.05, 0.1) is 10.9 Å². The van der Waals surface area contributed by atoms with Crippen LogP contribution in [0.4, 0.5) is 11.4 Å². The van der Waals surface area contributed by atoms with Gasteiger partial charge in [0.25, 0.3) is 5.91 Å². The predicted molar refractivity (Wildman–Crippen MR) is 112 cm³/mol. The molecule has 0 radical (unpaired) electrons. The molecule has 0 saturated carbocycles. The van der Waals surface area contributed by atoms with Crippen LogP contribution in [0.2, 0.25) is 0 Å². The van der Waals surface area contributed by atoms with Crippen molar-refractivity contribution in [1.29, 1.82) is 0 Å². The van der Waals surface area contributed by atoms with Crippen LogP contribution in [0, 0.1) is 6.92 Å². The zero-order valence-corrected chi connectivity index (χ0v) is 16.7. The van der Waals surface area contributed by atoms with Gasteiger partial charge >= 0.3 is 0 Å². The predicted octanol–water partition coefficient (Wildman–Crippen LogP) is 3.68. The number of likely N-dealkylation sites (N-methyl/N-ethyl adjacent to an activating group) is 1. The maximum atomic E-state index is 12.5. The molecule has 3 rings (SSSR count). The molecule has 0 aliphatic carbocycles. The highest BCUT2D eigenvalue weighted by Crippen LogP contribution is 2.35. The van der Waals surface area contributed by atoms with Crippen molar-refractivity contribution in [2.75, 3.05) is 29.9 Å². The highest BCUT2D eigenvalue weighted by Gasteiger charge is 2.23. The number of hydrogen-bond acceptors (Lipinski definition) is 4. The highest BCUT2D eigenvalue weighted by atomic mass is 32.2. The number of benzene rings is 2. The summed E-state index contributed by atoms with van der Waals surface area (Å²) in [5.74, 6) is -0.155. The molecular weight excluding hydrogens is 358 g/mol. The van der Waals surface area contributed by atoms with E-state index in [9.17, 15) is 9.59 Å². The van der Waals surface area contributed by atoms with Crippen LogP contribution in [-0.2, 0) is 4.79 Å². The van der Waals surface area contributed by atoms with E-state index in [4.69, 9.17) is 0 Å². The minimum atomic E-state index is -0.129. The number of thioether (sulfide) groups is 1. The molecule has 0 aromatic heterocycles. The van der Waals surface area contributed by atoms with Gasteiger partial charge in [-0.25, -0.2) is 0 Å². The molecule has 0 bridgehead atoms. The summed E-state index contributed by atoms with van der Waals surface area (Å²) in [6.07, 6.45) is 0. The number of carbonyl (C=O) groups is 2. The smallest absolute Gasteiger partial charge is 0.251 e. The van der Waals surface area contributed by atoms with Crippen LogP contribution >= 0.6 is 11.8 Å². The topological polar surface area (TPSA) is 61.4 Å². The molecule has 1 unspecified atom stereocenters. The Morgan fingerprint density at radius 2 is 2.07 bits per heavy atom. The van der Waals surface area contributed by atoms with Gasteiger partial charge in [-0.2, -0.15) is 0 Å².